The molecule has 2 rings (SSSR count). The Morgan fingerprint density at radius 3 is 2.40 bits per heavy atom. The Morgan fingerprint density at radius 1 is 1.05 bits per heavy atom. The third-order valence-corrected chi connectivity index (χ3v) is 2.78. The topological polar surface area (TPSA) is 52.3 Å². The normalized spacial score (nSPS) is 10.4. The van der Waals surface area contributed by atoms with Crippen LogP contribution < -0.4 is 10.5 Å². The number of hydrogen-bond donors (Lipinski definition) is 1. The average molecular weight is 281 g/mol. The average Bonchev–Trinajstić information content (AvgIpc) is 2.45. The number of carbonyl (C=O) groups excluding carboxylic acids is 1. The molecule has 0 radical (unpaired) electrons. The molecule has 0 saturated carbocycles. The first-order valence-electron chi connectivity index (χ1n) is 5.57. The van der Waals surface area contributed by atoms with Crippen LogP contribution >= 0.6 is 0 Å². The molecule has 6 heteroatoms. The van der Waals surface area contributed by atoms with Crippen LogP contribution in [0.15, 0.2) is 30.3 Å². The predicted molar refractivity (Wildman–Crippen MR) is 67.2 cm³/mol. The van der Waals surface area contributed by atoms with Crippen molar-refractivity contribution in [3.8, 4) is 5.75 Å². The lowest BCUT2D eigenvalue weighted by Gasteiger charge is -2.08. The first kappa shape index (κ1) is 13.9. The molecule has 2 N–H and O–H groups in total. The highest BCUT2D eigenvalue weighted by Gasteiger charge is 2.21. The van der Waals surface area contributed by atoms with Gasteiger partial charge in [0.2, 0.25) is 0 Å². The maximum absolute atomic E-state index is 13.6. The van der Waals surface area contributed by atoms with Crippen LogP contribution in [0.4, 0.5) is 18.9 Å². The first-order valence-corrected chi connectivity index (χ1v) is 5.57. The van der Waals surface area contributed by atoms with Gasteiger partial charge in [-0.25, -0.2) is 13.2 Å². The van der Waals surface area contributed by atoms with Crippen LogP contribution in [-0.4, -0.2) is 12.9 Å². The molecule has 0 unspecified atom stereocenters. The van der Waals surface area contributed by atoms with Crippen molar-refractivity contribution in [1.29, 1.82) is 0 Å². The second-order valence-electron chi connectivity index (χ2n) is 4.01. The maximum Gasteiger partial charge on any atom is 0.198 e. The zero-order valence-corrected chi connectivity index (χ0v) is 10.4. The van der Waals surface area contributed by atoms with Crippen molar-refractivity contribution in [1.82, 2.24) is 0 Å². The Hall–Kier alpha value is -2.50. The van der Waals surface area contributed by atoms with Crippen LogP contribution in [0.3, 0.4) is 0 Å². The molecule has 0 saturated heterocycles. The molecule has 104 valence electrons. The predicted octanol–water partition coefficient (Wildman–Crippen LogP) is 2.93. The lowest BCUT2D eigenvalue weighted by Crippen LogP contribution is -2.10. The highest BCUT2D eigenvalue weighted by atomic mass is 19.2. The standard InChI is InChI=1S/C14H10F3NO2/c1-20-7-2-5-11(18)9(6-7)14(19)8-3-4-10(15)13(17)12(8)16/h2-6H,18H2,1H3. The van der Waals surface area contributed by atoms with E-state index >= 15 is 0 Å². The minimum absolute atomic E-state index is 0.0470. The number of nitrogen functional groups attached to an aromatic ring is 1. The van der Waals surface area contributed by atoms with Gasteiger partial charge in [0.1, 0.15) is 5.75 Å². The van der Waals surface area contributed by atoms with E-state index in [2.05, 4.69) is 0 Å². The first-order chi connectivity index (χ1) is 9.45. The van der Waals surface area contributed by atoms with Crippen LogP contribution in [0, 0.1) is 17.5 Å². The third-order valence-electron chi connectivity index (χ3n) is 2.78. The van der Waals surface area contributed by atoms with Crippen LogP contribution in [0.5, 0.6) is 5.75 Å². The minimum Gasteiger partial charge on any atom is -0.497 e. The van der Waals surface area contributed by atoms with Gasteiger partial charge < -0.3 is 10.5 Å². The van der Waals surface area contributed by atoms with E-state index in [0.29, 0.717) is 11.8 Å². The summed E-state index contributed by atoms with van der Waals surface area (Å²) in [5.41, 5.74) is 5.08. The number of rotatable bonds is 3. The van der Waals surface area contributed by atoms with Crippen molar-refractivity contribution in [2.45, 2.75) is 0 Å². The summed E-state index contributed by atoms with van der Waals surface area (Å²) >= 11 is 0. The molecule has 0 atom stereocenters. The summed E-state index contributed by atoms with van der Waals surface area (Å²) in [6.07, 6.45) is 0. The number of carbonyl (C=O) groups is 1. The lowest BCUT2D eigenvalue weighted by atomic mass is 10.0. The Morgan fingerprint density at radius 2 is 1.75 bits per heavy atom. The second-order valence-corrected chi connectivity index (χ2v) is 4.01. The molecule has 0 aliphatic rings. The molecule has 0 aliphatic carbocycles. The van der Waals surface area contributed by atoms with E-state index in [1.165, 1.54) is 25.3 Å². The SMILES string of the molecule is COc1ccc(N)c(C(=O)c2ccc(F)c(F)c2F)c1. The van der Waals surface area contributed by atoms with Gasteiger partial charge in [0.25, 0.3) is 0 Å². The molecule has 20 heavy (non-hydrogen) atoms. The van der Waals surface area contributed by atoms with Crippen molar-refractivity contribution < 1.29 is 22.7 Å². The van der Waals surface area contributed by atoms with Gasteiger partial charge in [-0.15, -0.1) is 0 Å². The van der Waals surface area contributed by atoms with Crippen LogP contribution in [0.2, 0.25) is 0 Å². The van der Waals surface area contributed by atoms with E-state index < -0.39 is 28.8 Å². The fourth-order valence-corrected chi connectivity index (χ4v) is 1.71. The molecule has 2 aromatic rings. The number of anilines is 1. The quantitative estimate of drug-likeness (QED) is 0.534. The summed E-state index contributed by atoms with van der Waals surface area (Å²) in [5.74, 6) is -5.12. The molecular formula is C14H10F3NO2. The van der Waals surface area contributed by atoms with Crippen LogP contribution in [-0.2, 0) is 0 Å². The molecule has 0 aromatic heterocycles. The van der Waals surface area contributed by atoms with Crippen molar-refractivity contribution in [3.05, 3.63) is 58.9 Å². The number of nitrogens with two attached hydrogens (primary N) is 1. The fraction of sp³-hybridized carbons (Fsp3) is 0.0714. The Balaban J connectivity index is 2.54. The number of benzene rings is 2. The van der Waals surface area contributed by atoms with E-state index in [9.17, 15) is 18.0 Å². The van der Waals surface area contributed by atoms with Crippen molar-refractivity contribution in [2.24, 2.45) is 0 Å². The molecule has 0 aliphatic heterocycles. The largest absolute Gasteiger partial charge is 0.497 e. The van der Waals surface area contributed by atoms with Crippen LogP contribution in [0.25, 0.3) is 0 Å². The maximum atomic E-state index is 13.6. The number of halogens is 3. The molecule has 0 amide bonds. The Kier molecular flexibility index (Phi) is 3.65. The molecule has 0 spiro atoms. The van der Waals surface area contributed by atoms with Gasteiger partial charge in [-0.05, 0) is 30.3 Å². The van der Waals surface area contributed by atoms with Gasteiger partial charge in [0, 0.05) is 11.3 Å². The third kappa shape index (κ3) is 2.32. The van der Waals surface area contributed by atoms with Crippen molar-refractivity contribution in [2.75, 3.05) is 12.8 Å². The van der Waals surface area contributed by atoms with E-state index in [-0.39, 0.29) is 11.3 Å². The Labute approximate surface area is 112 Å². The summed E-state index contributed by atoms with van der Waals surface area (Å²) in [5, 5.41) is 0. The van der Waals surface area contributed by atoms with Crippen molar-refractivity contribution >= 4 is 11.5 Å². The van der Waals surface area contributed by atoms with E-state index in [1.807, 2.05) is 0 Å². The zero-order valence-electron chi connectivity index (χ0n) is 10.4. The lowest BCUT2D eigenvalue weighted by molar-refractivity contribution is 0.103. The summed E-state index contributed by atoms with van der Waals surface area (Å²) in [6.45, 7) is 0. The molecule has 0 bridgehead atoms. The monoisotopic (exact) mass is 281 g/mol. The van der Waals surface area contributed by atoms with Gasteiger partial charge in [0.15, 0.2) is 23.2 Å². The van der Waals surface area contributed by atoms with Crippen molar-refractivity contribution in [3.63, 3.8) is 0 Å². The number of methoxy groups -OCH3 is 1. The summed E-state index contributed by atoms with van der Waals surface area (Å²) in [6, 6.07) is 5.78. The van der Waals surface area contributed by atoms with Gasteiger partial charge in [-0.3, -0.25) is 4.79 Å². The fourth-order valence-electron chi connectivity index (χ4n) is 1.71. The summed E-state index contributed by atoms with van der Waals surface area (Å²) in [4.78, 5) is 12.2. The number of ketones is 1. The van der Waals surface area contributed by atoms with E-state index in [0.717, 1.165) is 6.07 Å². The smallest absolute Gasteiger partial charge is 0.198 e. The highest BCUT2D eigenvalue weighted by molar-refractivity contribution is 6.12. The molecular weight excluding hydrogens is 271 g/mol. The second kappa shape index (κ2) is 5.24. The molecule has 0 fully saturated rings. The Bertz CT molecular complexity index is 686. The van der Waals surface area contributed by atoms with Gasteiger partial charge in [-0.2, -0.15) is 0 Å². The molecule has 0 heterocycles. The number of ether oxygens (including phenoxy) is 1. The van der Waals surface area contributed by atoms with Gasteiger partial charge in [0.05, 0.1) is 12.7 Å². The van der Waals surface area contributed by atoms with Gasteiger partial charge in [-0.1, -0.05) is 0 Å². The highest BCUT2D eigenvalue weighted by Crippen LogP contribution is 2.24. The van der Waals surface area contributed by atoms with Gasteiger partial charge >= 0.3 is 0 Å². The van der Waals surface area contributed by atoms with E-state index in [1.54, 1.807) is 0 Å². The van der Waals surface area contributed by atoms with Crippen LogP contribution in [0.1, 0.15) is 15.9 Å². The molecule has 2 aromatic carbocycles. The van der Waals surface area contributed by atoms with E-state index in [4.69, 9.17) is 10.5 Å². The zero-order chi connectivity index (χ0) is 14.9. The minimum atomic E-state index is -1.70. The summed E-state index contributed by atoms with van der Waals surface area (Å²) in [7, 11) is 1.39. The number of hydrogen-bond acceptors (Lipinski definition) is 3. The summed E-state index contributed by atoms with van der Waals surface area (Å²) < 4.78 is 44.5. The molecule has 3 nitrogen and oxygen atoms in total.